The predicted molar refractivity (Wildman–Crippen MR) is 119 cm³/mol. The average Bonchev–Trinajstić information content (AvgIpc) is 2.68. The Morgan fingerprint density at radius 3 is 2.42 bits per heavy atom. The van der Waals surface area contributed by atoms with Gasteiger partial charge in [-0.25, -0.2) is 0 Å². The van der Waals surface area contributed by atoms with E-state index in [1.54, 1.807) is 22.0 Å². The van der Waals surface area contributed by atoms with Gasteiger partial charge < -0.3 is 10.2 Å². The molecule has 160 valence electrons. The van der Waals surface area contributed by atoms with E-state index in [2.05, 4.69) is 21.1 Å². The molecule has 2 aliphatic rings. The predicted octanol–water partition coefficient (Wildman–Crippen LogP) is 4.97. The lowest BCUT2D eigenvalue weighted by molar-refractivity contribution is -0.137. The first kappa shape index (κ1) is 21.2. The van der Waals surface area contributed by atoms with E-state index in [1.165, 1.54) is 6.07 Å². The topological polar surface area (TPSA) is 35.6 Å². The summed E-state index contributed by atoms with van der Waals surface area (Å²) in [6, 6.07) is 8.93. The molecule has 1 N–H and O–H groups in total. The molecule has 0 bridgehead atoms. The van der Waals surface area contributed by atoms with Crippen molar-refractivity contribution in [2.24, 2.45) is 0 Å². The van der Waals surface area contributed by atoms with Gasteiger partial charge in [0, 0.05) is 17.1 Å². The zero-order valence-corrected chi connectivity index (χ0v) is 18.2. The van der Waals surface area contributed by atoms with Crippen LogP contribution >= 0.6 is 9.24 Å². The minimum atomic E-state index is -4.50. The molecule has 0 saturated heterocycles. The van der Waals surface area contributed by atoms with Gasteiger partial charge in [0.15, 0.2) is 0 Å². The fourth-order valence-corrected chi connectivity index (χ4v) is 4.20. The maximum Gasteiger partial charge on any atom is 0.416 e. The van der Waals surface area contributed by atoms with Crippen molar-refractivity contribution in [3.8, 4) is 0 Å². The second-order valence-corrected chi connectivity index (χ2v) is 8.24. The third-order valence-corrected chi connectivity index (χ3v) is 5.71. The van der Waals surface area contributed by atoms with Crippen LogP contribution in [0, 0.1) is 6.92 Å². The number of rotatable bonds is 2. The van der Waals surface area contributed by atoms with Crippen LogP contribution in [0.1, 0.15) is 28.4 Å². The summed E-state index contributed by atoms with van der Waals surface area (Å²) in [5.74, 6) is -0.353. The smallest absolute Gasteiger partial charge is 0.358 e. The SMILES string of the molecule is C=C1C=CC(N2CN(c3ccc(P)cc3C)c3cc(C(F)(F)F)ccc3C2=O)=C(C)N1. The molecule has 2 heterocycles. The Morgan fingerprint density at radius 2 is 1.77 bits per heavy atom. The highest BCUT2D eigenvalue weighted by Gasteiger charge is 2.37. The Morgan fingerprint density at radius 1 is 1.03 bits per heavy atom. The molecule has 4 rings (SSSR count). The molecule has 1 unspecified atom stereocenters. The summed E-state index contributed by atoms with van der Waals surface area (Å²) in [5.41, 5.74) is 3.38. The van der Waals surface area contributed by atoms with E-state index in [9.17, 15) is 18.0 Å². The molecule has 1 amide bonds. The van der Waals surface area contributed by atoms with E-state index in [0.717, 1.165) is 34.4 Å². The van der Waals surface area contributed by atoms with Gasteiger partial charge >= 0.3 is 6.18 Å². The molecule has 2 aromatic carbocycles. The number of alkyl halides is 3. The van der Waals surface area contributed by atoms with Crippen LogP contribution in [0.15, 0.2) is 72.2 Å². The van der Waals surface area contributed by atoms with Gasteiger partial charge in [-0.05, 0) is 61.1 Å². The Labute approximate surface area is 180 Å². The number of benzene rings is 2. The molecule has 2 aromatic rings. The number of hydrogen-bond donors (Lipinski definition) is 1. The van der Waals surface area contributed by atoms with Crippen LogP contribution < -0.4 is 15.5 Å². The summed E-state index contributed by atoms with van der Waals surface area (Å²) in [7, 11) is 2.61. The standard InChI is InChI=1S/C23H21F3N3OP/c1-13-10-17(31)6-9-19(13)28-12-29(20-8-4-14(2)27-15(20)3)22(30)18-7-5-16(11-21(18)28)23(24,25)26/h4-11,27H,2,12,31H2,1,3H3. The second kappa shape index (κ2) is 7.57. The van der Waals surface area contributed by atoms with Crippen molar-refractivity contribution >= 4 is 31.8 Å². The third kappa shape index (κ3) is 3.86. The number of hydrogen-bond acceptors (Lipinski definition) is 3. The Bertz CT molecular complexity index is 1170. The van der Waals surface area contributed by atoms with E-state index in [1.807, 2.05) is 32.0 Å². The number of carbonyl (C=O) groups is 1. The molecule has 31 heavy (non-hydrogen) atoms. The second-order valence-electron chi connectivity index (χ2n) is 7.57. The van der Waals surface area contributed by atoms with Crippen molar-refractivity contribution in [2.45, 2.75) is 20.0 Å². The van der Waals surface area contributed by atoms with Gasteiger partial charge in [-0.15, -0.1) is 9.24 Å². The zero-order chi connectivity index (χ0) is 22.5. The van der Waals surface area contributed by atoms with E-state index in [-0.39, 0.29) is 23.8 Å². The number of nitrogens with zero attached hydrogens (tertiary/aromatic N) is 2. The molecule has 1 atom stereocenters. The van der Waals surface area contributed by atoms with Crippen molar-refractivity contribution in [1.29, 1.82) is 0 Å². The highest BCUT2D eigenvalue weighted by molar-refractivity contribution is 7.27. The van der Waals surface area contributed by atoms with Crippen LogP contribution in [-0.2, 0) is 6.18 Å². The normalized spacial score (nSPS) is 16.6. The van der Waals surface area contributed by atoms with Crippen molar-refractivity contribution in [1.82, 2.24) is 10.2 Å². The first-order valence-corrected chi connectivity index (χ1v) is 10.2. The lowest BCUT2D eigenvalue weighted by Gasteiger charge is -2.40. The lowest BCUT2D eigenvalue weighted by Crippen LogP contribution is -2.45. The molecule has 0 aromatic heterocycles. The quantitative estimate of drug-likeness (QED) is 0.666. The summed E-state index contributed by atoms with van der Waals surface area (Å²) in [6.07, 6.45) is -0.954. The van der Waals surface area contributed by atoms with Crippen LogP contribution in [0.3, 0.4) is 0 Å². The molecule has 2 aliphatic heterocycles. The van der Waals surface area contributed by atoms with E-state index in [0.29, 0.717) is 11.4 Å². The van der Waals surface area contributed by atoms with Crippen LogP contribution in [-0.4, -0.2) is 17.5 Å². The highest BCUT2D eigenvalue weighted by Crippen LogP contribution is 2.40. The summed E-state index contributed by atoms with van der Waals surface area (Å²) in [4.78, 5) is 16.6. The Balaban J connectivity index is 1.89. The first-order valence-electron chi connectivity index (χ1n) is 9.58. The molecular weight excluding hydrogens is 422 g/mol. The average molecular weight is 443 g/mol. The van der Waals surface area contributed by atoms with Crippen LogP contribution in [0.25, 0.3) is 0 Å². The largest absolute Gasteiger partial charge is 0.416 e. The third-order valence-electron chi connectivity index (χ3n) is 5.35. The number of nitrogens with one attached hydrogen (secondary N) is 1. The van der Waals surface area contributed by atoms with Crippen LogP contribution in [0.4, 0.5) is 24.5 Å². The number of amides is 1. The fraction of sp³-hybridized carbons (Fsp3) is 0.174. The Kier molecular flexibility index (Phi) is 5.18. The van der Waals surface area contributed by atoms with E-state index < -0.39 is 11.7 Å². The molecule has 0 saturated carbocycles. The molecule has 8 heteroatoms. The molecule has 0 fully saturated rings. The van der Waals surface area contributed by atoms with Gasteiger partial charge in [-0.2, -0.15) is 13.2 Å². The fourth-order valence-electron chi connectivity index (χ4n) is 3.86. The first-order chi connectivity index (χ1) is 14.6. The van der Waals surface area contributed by atoms with Crippen LogP contribution in [0.5, 0.6) is 0 Å². The van der Waals surface area contributed by atoms with Crippen molar-refractivity contribution in [2.75, 3.05) is 11.6 Å². The van der Waals surface area contributed by atoms with E-state index in [4.69, 9.17) is 0 Å². The van der Waals surface area contributed by atoms with Crippen LogP contribution in [0.2, 0.25) is 0 Å². The van der Waals surface area contributed by atoms with Gasteiger partial charge in [0.1, 0.15) is 6.67 Å². The van der Waals surface area contributed by atoms with Gasteiger partial charge in [-0.1, -0.05) is 18.7 Å². The van der Waals surface area contributed by atoms with Crippen molar-refractivity contribution in [3.63, 3.8) is 0 Å². The van der Waals surface area contributed by atoms with Crippen molar-refractivity contribution in [3.05, 3.63) is 88.9 Å². The minimum absolute atomic E-state index is 0.0787. The molecule has 0 aliphatic carbocycles. The van der Waals surface area contributed by atoms with Gasteiger partial charge in [-0.3, -0.25) is 9.69 Å². The summed E-state index contributed by atoms with van der Waals surface area (Å²) in [6.45, 7) is 7.67. The maximum atomic E-state index is 13.4. The number of fused-ring (bicyclic) bond motifs is 1. The monoisotopic (exact) mass is 443 g/mol. The van der Waals surface area contributed by atoms with Gasteiger partial charge in [0.2, 0.25) is 0 Å². The number of aryl methyl sites for hydroxylation is 1. The van der Waals surface area contributed by atoms with Crippen molar-refractivity contribution < 1.29 is 18.0 Å². The lowest BCUT2D eigenvalue weighted by atomic mass is 10.0. The number of carbonyl (C=O) groups excluding carboxylic acids is 1. The van der Waals surface area contributed by atoms with E-state index >= 15 is 0 Å². The highest BCUT2D eigenvalue weighted by atomic mass is 31.0. The number of halogens is 3. The number of allylic oxidation sites excluding steroid dienone is 3. The van der Waals surface area contributed by atoms with Gasteiger partial charge in [0.25, 0.3) is 5.91 Å². The molecule has 4 nitrogen and oxygen atoms in total. The van der Waals surface area contributed by atoms with Gasteiger partial charge in [0.05, 0.1) is 22.5 Å². The molecule has 0 radical (unpaired) electrons. The molecular formula is C23H21F3N3OP. The summed E-state index contributed by atoms with van der Waals surface area (Å²) >= 11 is 0. The number of anilines is 2. The summed E-state index contributed by atoms with van der Waals surface area (Å²) < 4.78 is 40.3. The maximum absolute atomic E-state index is 13.4. The Hall–Kier alpha value is -3.05. The molecule has 0 spiro atoms. The summed E-state index contributed by atoms with van der Waals surface area (Å²) in [5, 5.41) is 4.07. The number of dihydropyridines is 1. The zero-order valence-electron chi connectivity index (χ0n) is 17.0. The minimum Gasteiger partial charge on any atom is -0.358 e.